The predicted octanol–water partition coefficient (Wildman–Crippen LogP) is 2.14. The Balaban J connectivity index is 2.67. The Morgan fingerprint density at radius 2 is 2.06 bits per heavy atom. The SMILES string of the molecule is CCOCCN(CC)Cc1ncc(C)c(N)c1C. The van der Waals surface area contributed by atoms with E-state index in [-0.39, 0.29) is 0 Å². The molecule has 1 aromatic heterocycles. The van der Waals surface area contributed by atoms with E-state index in [1.165, 1.54) is 0 Å². The number of pyridine rings is 1. The summed E-state index contributed by atoms with van der Waals surface area (Å²) in [5, 5.41) is 0. The third-order valence-electron chi connectivity index (χ3n) is 3.25. The van der Waals surface area contributed by atoms with Crippen molar-refractivity contribution in [3.63, 3.8) is 0 Å². The maximum absolute atomic E-state index is 6.04. The van der Waals surface area contributed by atoms with Crippen molar-refractivity contribution in [2.24, 2.45) is 0 Å². The average molecular weight is 251 g/mol. The number of aromatic nitrogens is 1. The smallest absolute Gasteiger partial charge is 0.0593 e. The number of anilines is 1. The Bertz CT molecular complexity index is 380. The fourth-order valence-electron chi connectivity index (χ4n) is 1.85. The second-order valence-electron chi connectivity index (χ2n) is 4.49. The Morgan fingerprint density at radius 1 is 1.33 bits per heavy atom. The highest BCUT2D eigenvalue weighted by Gasteiger charge is 2.10. The minimum atomic E-state index is 0.769. The van der Waals surface area contributed by atoms with Crippen LogP contribution in [0.25, 0.3) is 0 Å². The first-order valence-electron chi connectivity index (χ1n) is 6.60. The molecule has 2 N–H and O–H groups in total. The molecule has 1 rings (SSSR count). The molecule has 102 valence electrons. The summed E-state index contributed by atoms with van der Waals surface area (Å²) in [6.45, 7) is 12.5. The van der Waals surface area contributed by atoms with E-state index in [1.54, 1.807) is 0 Å². The molecule has 4 heteroatoms. The number of likely N-dealkylation sites (N-methyl/N-ethyl adjacent to an activating group) is 1. The number of nitrogens with two attached hydrogens (primary N) is 1. The molecule has 18 heavy (non-hydrogen) atoms. The minimum absolute atomic E-state index is 0.769. The van der Waals surface area contributed by atoms with E-state index in [4.69, 9.17) is 10.5 Å². The molecule has 0 aliphatic carbocycles. The number of hydrogen-bond acceptors (Lipinski definition) is 4. The maximum Gasteiger partial charge on any atom is 0.0593 e. The number of nitrogens with zero attached hydrogens (tertiary/aromatic N) is 2. The Hall–Kier alpha value is -1.13. The van der Waals surface area contributed by atoms with Gasteiger partial charge in [0.25, 0.3) is 0 Å². The van der Waals surface area contributed by atoms with E-state index in [2.05, 4.69) is 16.8 Å². The summed E-state index contributed by atoms with van der Waals surface area (Å²) in [6.07, 6.45) is 1.86. The Kier molecular flexibility index (Phi) is 6.09. The Morgan fingerprint density at radius 3 is 2.67 bits per heavy atom. The van der Waals surface area contributed by atoms with Crippen molar-refractivity contribution in [3.05, 3.63) is 23.0 Å². The molecular weight excluding hydrogens is 226 g/mol. The van der Waals surface area contributed by atoms with Gasteiger partial charge in [-0.1, -0.05) is 6.92 Å². The van der Waals surface area contributed by atoms with Crippen LogP contribution < -0.4 is 5.73 Å². The third-order valence-corrected chi connectivity index (χ3v) is 3.25. The van der Waals surface area contributed by atoms with Gasteiger partial charge in [0.2, 0.25) is 0 Å². The molecule has 0 atom stereocenters. The van der Waals surface area contributed by atoms with E-state index in [1.807, 2.05) is 27.0 Å². The quantitative estimate of drug-likeness (QED) is 0.754. The fraction of sp³-hybridized carbons (Fsp3) is 0.643. The standard InChI is InChI=1S/C14H25N3O/c1-5-17(7-8-18-6-2)10-13-12(4)14(15)11(3)9-16-13/h9H,5-8,10H2,1-4H3,(H2,15,16). The zero-order valence-electron chi connectivity index (χ0n) is 12.0. The average Bonchev–Trinajstić information content (AvgIpc) is 2.38. The first kappa shape index (κ1) is 14.9. The number of ether oxygens (including phenoxy) is 1. The van der Waals surface area contributed by atoms with Crippen LogP contribution in [0.3, 0.4) is 0 Å². The van der Waals surface area contributed by atoms with Crippen LogP contribution in [0.15, 0.2) is 6.20 Å². The van der Waals surface area contributed by atoms with Gasteiger partial charge in [-0.15, -0.1) is 0 Å². The summed E-state index contributed by atoms with van der Waals surface area (Å²) >= 11 is 0. The van der Waals surface area contributed by atoms with E-state index < -0.39 is 0 Å². The van der Waals surface area contributed by atoms with E-state index >= 15 is 0 Å². The molecule has 4 nitrogen and oxygen atoms in total. The highest BCUT2D eigenvalue weighted by molar-refractivity contribution is 5.53. The van der Waals surface area contributed by atoms with Crippen molar-refractivity contribution >= 4 is 5.69 Å². The van der Waals surface area contributed by atoms with Crippen LogP contribution in [-0.4, -0.2) is 36.2 Å². The largest absolute Gasteiger partial charge is 0.398 e. The van der Waals surface area contributed by atoms with Gasteiger partial charge in [0.05, 0.1) is 12.3 Å². The fourth-order valence-corrected chi connectivity index (χ4v) is 1.85. The molecule has 0 saturated carbocycles. The number of nitrogen functional groups attached to an aromatic ring is 1. The molecule has 0 aliphatic heterocycles. The zero-order chi connectivity index (χ0) is 13.5. The summed E-state index contributed by atoms with van der Waals surface area (Å²) < 4.78 is 5.39. The van der Waals surface area contributed by atoms with Crippen molar-refractivity contribution in [1.82, 2.24) is 9.88 Å². The Labute approximate surface area is 110 Å². The van der Waals surface area contributed by atoms with Gasteiger partial charge >= 0.3 is 0 Å². The van der Waals surface area contributed by atoms with Crippen molar-refractivity contribution in [2.45, 2.75) is 34.2 Å². The molecule has 0 unspecified atom stereocenters. The molecule has 0 radical (unpaired) electrons. The van der Waals surface area contributed by atoms with Gasteiger partial charge in [-0.2, -0.15) is 0 Å². The lowest BCUT2D eigenvalue weighted by molar-refractivity contribution is 0.112. The highest BCUT2D eigenvalue weighted by Crippen LogP contribution is 2.18. The third kappa shape index (κ3) is 3.96. The van der Waals surface area contributed by atoms with Crippen LogP contribution in [-0.2, 0) is 11.3 Å². The first-order valence-corrected chi connectivity index (χ1v) is 6.60. The van der Waals surface area contributed by atoms with Gasteiger partial charge in [0.15, 0.2) is 0 Å². The molecule has 1 aromatic rings. The van der Waals surface area contributed by atoms with E-state index in [0.717, 1.165) is 55.4 Å². The van der Waals surface area contributed by atoms with E-state index in [0.29, 0.717) is 0 Å². The lowest BCUT2D eigenvalue weighted by Crippen LogP contribution is -2.28. The first-order chi connectivity index (χ1) is 8.60. The monoisotopic (exact) mass is 251 g/mol. The molecule has 0 amide bonds. The van der Waals surface area contributed by atoms with Crippen molar-refractivity contribution in [2.75, 3.05) is 32.0 Å². The van der Waals surface area contributed by atoms with Crippen LogP contribution >= 0.6 is 0 Å². The normalized spacial score (nSPS) is 11.2. The van der Waals surface area contributed by atoms with Crippen molar-refractivity contribution < 1.29 is 4.74 Å². The summed E-state index contributed by atoms with van der Waals surface area (Å²) in [6, 6.07) is 0. The van der Waals surface area contributed by atoms with Gasteiger partial charge in [0, 0.05) is 31.6 Å². The molecule has 0 saturated heterocycles. The number of aryl methyl sites for hydroxylation is 1. The van der Waals surface area contributed by atoms with Gasteiger partial charge in [0.1, 0.15) is 0 Å². The summed E-state index contributed by atoms with van der Waals surface area (Å²) in [4.78, 5) is 6.81. The predicted molar refractivity (Wildman–Crippen MR) is 75.6 cm³/mol. The summed E-state index contributed by atoms with van der Waals surface area (Å²) in [5.41, 5.74) is 10.1. The van der Waals surface area contributed by atoms with Gasteiger partial charge < -0.3 is 10.5 Å². The molecule has 0 bridgehead atoms. The summed E-state index contributed by atoms with van der Waals surface area (Å²) in [7, 11) is 0. The second kappa shape index (κ2) is 7.34. The zero-order valence-corrected chi connectivity index (χ0v) is 12.0. The minimum Gasteiger partial charge on any atom is -0.398 e. The highest BCUT2D eigenvalue weighted by atomic mass is 16.5. The molecule has 0 spiro atoms. The molecule has 1 heterocycles. The van der Waals surface area contributed by atoms with Crippen LogP contribution in [0, 0.1) is 13.8 Å². The van der Waals surface area contributed by atoms with Gasteiger partial charge in [-0.25, -0.2) is 0 Å². The number of rotatable bonds is 7. The summed E-state index contributed by atoms with van der Waals surface area (Å²) in [5.74, 6) is 0. The maximum atomic E-state index is 6.04. The molecular formula is C14H25N3O. The van der Waals surface area contributed by atoms with Crippen molar-refractivity contribution in [1.29, 1.82) is 0 Å². The van der Waals surface area contributed by atoms with Gasteiger partial charge in [-0.05, 0) is 38.4 Å². The van der Waals surface area contributed by atoms with Crippen LogP contribution in [0.4, 0.5) is 5.69 Å². The van der Waals surface area contributed by atoms with Crippen LogP contribution in [0.1, 0.15) is 30.7 Å². The topological polar surface area (TPSA) is 51.4 Å². The number of hydrogen-bond donors (Lipinski definition) is 1. The molecule has 0 aliphatic rings. The van der Waals surface area contributed by atoms with E-state index in [9.17, 15) is 0 Å². The van der Waals surface area contributed by atoms with Gasteiger partial charge in [-0.3, -0.25) is 9.88 Å². The second-order valence-corrected chi connectivity index (χ2v) is 4.49. The van der Waals surface area contributed by atoms with Crippen LogP contribution in [0.2, 0.25) is 0 Å². The lowest BCUT2D eigenvalue weighted by atomic mass is 10.1. The van der Waals surface area contributed by atoms with Crippen molar-refractivity contribution in [3.8, 4) is 0 Å². The lowest BCUT2D eigenvalue weighted by Gasteiger charge is -2.21. The molecule has 0 fully saturated rings. The molecule has 0 aromatic carbocycles. The van der Waals surface area contributed by atoms with Crippen LogP contribution in [0.5, 0.6) is 0 Å².